The topological polar surface area (TPSA) is 50.4 Å². The van der Waals surface area contributed by atoms with Crippen molar-refractivity contribution in [3.05, 3.63) is 24.3 Å². The van der Waals surface area contributed by atoms with Gasteiger partial charge >= 0.3 is 0 Å². The Hall–Kier alpha value is -0.910. The highest BCUT2D eigenvalue weighted by molar-refractivity contribution is 7.99. The zero-order valence-corrected chi connectivity index (χ0v) is 11.1. The third-order valence-electron chi connectivity index (χ3n) is 2.37. The quantitative estimate of drug-likeness (QED) is 0.881. The molecule has 2 N–H and O–H groups in total. The molecule has 0 bridgehead atoms. The number of hydrogen-bond acceptors (Lipinski definition) is 4. The van der Waals surface area contributed by atoms with Gasteiger partial charge in [0.05, 0.1) is 13.2 Å². The number of benzene rings is 1. The molecule has 1 amide bonds. The summed E-state index contributed by atoms with van der Waals surface area (Å²) < 4.78 is 5.09. The van der Waals surface area contributed by atoms with Crippen molar-refractivity contribution in [2.45, 2.75) is 6.04 Å². The first kappa shape index (κ1) is 14.2. The number of amides is 1. The van der Waals surface area contributed by atoms with Crippen molar-refractivity contribution in [2.75, 3.05) is 24.1 Å². The number of halogens is 1. The van der Waals surface area contributed by atoms with E-state index < -0.39 is 0 Å². The highest BCUT2D eigenvalue weighted by atomic mass is 35.5. The van der Waals surface area contributed by atoms with Crippen LogP contribution in [0.2, 0.25) is 0 Å². The standard InChI is InChI=1S/C11H14N2O2S.ClH/c1-15-9-4-2-3-8(5-9)13-11(14)10-6-16-7-12-10;/h2-5,10,12H,6-7H2,1H3,(H,13,14);1H. The maximum Gasteiger partial charge on any atom is 0.242 e. The average molecular weight is 275 g/mol. The van der Waals surface area contributed by atoms with Crippen molar-refractivity contribution in [1.29, 1.82) is 0 Å². The Morgan fingerprint density at radius 3 is 3.06 bits per heavy atom. The number of hydrogen-bond donors (Lipinski definition) is 2. The summed E-state index contributed by atoms with van der Waals surface area (Å²) in [5.74, 6) is 2.43. The summed E-state index contributed by atoms with van der Waals surface area (Å²) in [6.45, 7) is 0. The summed E-state index contributed by atoms with van der Waals surface area (Å²) in [6.07, 6.45) is 0. The molecular formula is C11H15ClN2O2S. The predicted molar refractivity (Wildman–Crippen MR) is 73.1 cm³/mol. The van der Waals surface area contributed by atoms with E-state index in [0.717, 1.165) is 23.1 Å². The van der Waals surface area contributed by atoms with Crippen LogP contribution in [0.25, 0.3) is 0 Å². The molecule has 1 saturated heterocycles. The van der Waals surface area contributed by atoms with Crippen LogP contribution in [-0.2, 0) is 4.79 Å². The molecule has 1 fully saturated rings. The lowest BCUT2D eigenvalue weighted by Gasteiger charge is -2.11. The lowest BCUT2D eigenvalue weighted by Crippen LogP contribution is -2.37. The van der Waals surface area contributed by atoms with E-state index in [1.807, 2.05) is 18.2 Å². The van der Waals surface area contributed by atoms with Crippen molar-refractivity contribution in [2.24, 2.45) is 0 Å². The normalized spacial score (nSPS) is 18.3. The smallest absolute Gasteiger partial charge is 0.242 e. The van der Waals surface area contributed by atoms with Gasteiger partial charge in [0, 0.05) is 23.4 Å². The van der Waals surface area contributed by atoms with E-state index in [0.29, 0.717) is 0 Å². The monoisotopic (exact) mass is 274 g/mol. The van der Waals surface area contributed by atoms with Gasteiger partial charge in [-0.25, -0.2) is 0 Å². The molecular weight excluding hydrogens is 260 g/mol. The Morgan fingerprint density at radius 1 is 1.59 bits per heavy atom. The molecule has 1 unspecified atom stereocenters. The van der Waals surface area contributed by atoms with Crippen molar-refractivity contribution >= 4 is 35.8 Å². The molecule has 2 rings (SSSR count). The molecule has 1 aromatic carbocycles. The lowest BCUT2D eigenvalue weighted by atomic mass is 10.2. The highest BCUT2D eigenvalue weighted by Gasteiger charge is 2.22. The molecule has 1 atom stereocenters. The van der Waals surface area contributed by atoms with Crippen LogP contribution >= 0.6 is 24.2 Å². The van der Waals surface area contributed by atoms with Crippen molar-refractivity contribution < 1.29 is 9.53 Å². The lowest BCUT2D eigenvalue weighted by molar-refractivity contribution is -0.117. The van der Waals surface area contributed by atoms with E-state index >= 15 is 0 Å². The first-order valence-corrected chi connectivity index (χ1v) is 6.21. The SMILES string of the molecule is COc1cccc(NC(=O)C2CSCN2)c1.Cl. The average Bonchev–Trinajstić information content (AvgIpc) is 2.83. The molecule has 1 aromatic rings. The highest BCUT2D eigenvalue weighted by Crippen LogP contribution is 2.18. The first-order valence-electron chi connectivity index (χ1n) is 5.05. The van der Waals surface area contributed by atoms with Crippen LogP contribution in [-0.4, -0.2) is 30.7 Å². The molecule has 0 spiro atoms. The molecule has 6 heteroatoms. The van der Waals surface area contributed by atoms with Crippen LogP contribution in [0.1, 0.15) is 0 Å². The molecule has 4 nitrogen and oxygen atoms in total. The van der Waals surface area contributed by atoms with Gasteiger partial charge in [-0.2, -0.15) is 0 Å². The minimum absolute atomic E-state index is 0. The second kappa shape index (κ2) is 6.74. The fraction of sp³-hybridized carbons (Fsp3) is 0.364. The van der Waals surface area contributed by atoms with Crippen LogP contribution in [0.5, 0.6) is 5.75 Å². The Labute approximate surface area is 111 Å². The number of methoxy groups -OCH3 is 1. The van der Waals surface area contributed by atoms with E-state index in [2.05, 4.69) is 10.6 Å². The molecule has 17 heavy (non-hydrogen) atoms. The van der Waals surface area contributed by atoms with Crippen LogP contribution in [0.4, 0.5) is 5.69 Å². The van der Waals surface area contributed by atoms with Gasteiger partial charge in [0.2, 0.25) is 5.91 Å². The van der Waals surface area contributed by atoms with Crippen LogP contribution in [0.3, 0.4) is 0 Å². The third kappa shape index (κ3) is 3.80. The minimum atomic E-state index is -0.0869. The molecule has 1 heterocycles. The summed E-state index contributed by atoms with van der Waals surface area (Å²) in [5.41, 5.74) is 0.767. The number of ether oxygens (including phenoxy) is 1. The predicted octanol–water partition coefficient (Wildman–Crippen LogP) is 1.72. The van der Waals surface area contributed by atoms with Gasteiger partial charge < -0.3 is 10.1 Å². The van der Waals surface area contributed by atoms with Crippen LogP contribution in [0.15, 0.2) is 24.3 Å². The first-order chi connectivity index (χ1) is 7.79. The van der Waals surface area contributed by atoms with Gasteiger partial charge in [0.15, 0.2) is 0 Å². The van der Waals surface area contributed by atoms with Gasteiger partial charge in [-0.05, 0) is 12.1 Å². The Balaban J connectivity index is 0.00000144. The number of rotatable bonds is 3. The zero-order chi connectivity index (χ0) is 11.4. The van der Waals surface area contributed by atoms with E-state index in [4.69, 9.17) is 4.74 Å². The zero-order valence-electron chi connectivity index (χ0n) is 9.43. The number of thioether (sulfide) groups is 1. The van der Waals surface area contributed by atoms with Gasteiger partial charge in [-0.15, -0.1) is 24.2 Å². The summed E-state index contributed by atoms with van der Waals surface area (Å²) >= 11 is 1.73. The van der Waals surface area contributed by atoms with Crippen LogP contribution < -0.4 is 15.4 Å². The summed E-state index contributed by atoms with van der Waals surface area (Å²) in [5, 5.41) is 5.99. The Kier molecular flexibility index (Phi) is 5.61. The fourth-order valence-corrected chi connectivity index (χ4v) is 2.44. The Morgan fingerprint density at radius 2 is 2.41 bits per heavy atom. The van der Waals surface area contributed by atoms with E-state index in [1.54, 1.807) is 24.9 Å². The van der Waals surface area contributed by atoms with Crippen LogP contribution in [0, 0.1) is 0 Å². The third-order valence-corrected chi connectivity index (χ3v) is 3.31. The molecule has 0 aliphatic carbocycles. The number of carbonyl (C=O) groups excluding carboxylic acids is 1. The fourth-order valence-electron chi connectivity index (χ4n) is 1.49. The minimum Gasteiger partial charge on any atom is -0.497 e. The van der Waals surface area contributed by atoms with Gasteiger partial charge in [-0.1, -0.05) is 6.07 Å². The maximum absolute atomic E-state index is 11.8. The molecule has 94 valence electrons. The largest absolute Gasteiger partial charge is 0.497 e. The summed E-state index contributed by atoms with van der Waals surface area (Å²) in [4.78, 5) is 11.8. The van der Waals surface area contributed by atoms with Gasteiger partial charge in [-0.3, -0.25) is 10.1 Å². The second-order valence-electron chi connectivity index (χ2n) is 3.49. The van der Waals surface area contributed by atoms with Crippen molar-refractivity contribution in [3.63, 3.8) is 0 Å². The number of anilines is 1. The Bertz CT molecular complexity index is 383. The van der Waals surface area contributed by atoms with E-state index in [1.165, 1.54) is 0 Å². The summed E-state index contributed by atoms with van der Waals surface area (Å²) in [6, 6.07) is 7.27. The molecule has 0 radical (unpaired) electrons. The van der Waals surface area contributed by atoms with Gasteiger partial charge in [0.1, 0.15) is 5.75 Å². The number of nitrogens with one attached hydrogen (secondary N) is 2. The van der Waals surface area contributed by atoms with Gasteiger partial charge in [0.25, 0.3) is 0 Å². The van der Waals surface area contributed by atoms with Crippen molar-refractivity contribution in [3.8, 4) is 5.75 Å². The van der Waals surface area contributed by atoms with Crippen molar-refractivity contribution in [1.82, 2.24) is 5.32 Å². The molecule has 1 aliphatic heterocycles. The van der Waals surface area contributed by atoms with E-state index in [9.17, 15) is 4.79 Å². The molecule has 0 saturated carbocycles. The maximum atomic E-state index is 11.8. The number of carbonyl (C=O) groups is 1. The molecule has 1 aliphatic rings. The molecule has 0 aromatic heterocycles. The second-order valence-corrected chi connectivity index (χ2v) is 4.52. The van der Waals surface area contributed by atoms with E-state index in [-0.39, 0.29) is 24.4 Å². The summed E-state index contributed by atoms with van der Waals surface area (Å²) in [7, 11) is 1.61.